The van der Waals surface area contributed by atoms with E-state index < -0.39 is 65.0 Å². The van der Waals surface area contributed by atoms with Crippen LogP contribution < -0.4 is 32.3 Å². The highest BCUT2D eigenvalue weighted by atomic mass is 16.6. The SMILES string of the molecule is CN(C)C(=O)[C@H](CCCCNC(=O)OC(C)(C)C)NC(=O)[C@H](CCCCNC(=O)OC(C)(C)C)NC(=O)[C@@H](N)CCCCNC(=O)OC(C)(C)C. The Bertz CT molecular complexity index is 1110. The van der Waals surface area contributed by atoms with Gasteiger partial charge in [0.25, 0.3) is 0 Å². The average molecular weight is 730 g/mol. The summed E-state index contributed by atoms with van der Waals surface area (Å²) in [5.41, 5.74) is 4.30. The zero-order chi connectivity index (χ0) is 39.4. The van der Waals surface area contributed by atoms with Gasteiger partial charge in [0, 0.05) is 33.7 Å². The molecule has 0 radical (unpaired) electrons. The number of unbranched alkanes of at least 4 members (excludes halogenated alkanes) is 3. The van der Waals surface area contributed by atoms with Crippen molar-refractivity contribution in [1.29, 1.82) is 0 Å². The van der Waals surface area contributed by atoms with Gasteiger partial charge in [-0.1, -0.05) is 0 Å². The predicted octanol–water partition coefficient (Wildman–Crippen LogP) is 3.46. The molecule has 6 amide bonds. The fourth-order valence-electron chi connectivity index (χ4n) is 4.47. The summed E-state index contributed by atoms with van der Waals surface area (Å²) in [6.07, 6.45) is 2.35. The quantitative estimate of drug-likeness (QED) is 0.0792. The lowest BCUT2D eigenvalue weighted by atomic mass is 10.0. The molecule has 0 aliphatic heterocycles. The zero-order valence-corrected chi connectivity index (χ0v) is 32.9. The number of ether oxygens (including phenoxy) is 3. The van der Waals surface area contributed by atoms with Crippen molar-refractivity contribution in [1.82, 2.24) is 31.5 Å². The number of nitrogens with two attached hydrogens (primary N) is 1. The summed E-state index contributed by atoms with van der Waals surface area (Å²) in [6.45, 7) is 16.9. The third-order valence-electron chi connectivity index (χ3n) is 6.81. The van der Waals surface area contributed by atoms with Gasteiger partial charge in [-0.2, -0.15) is 0 Å². The molecule has 0 rings (SSSR count). The highest BCUT2D eigenvalue weighted by molar-refractivity contribution is 5.92. The van der Waals surface area contributed by atoms with Crippen LogP contribution in [0.3, 0.4) is 0 Å². The van der Waals surface area contributed by atoms with Gasteiger partial charge in [-0.25, -0.2) is 14.4 Å². The first kappa shape index (κ1) is 47.2. The van der Waals surface area contributed by atoms with Crippen molar-refractivity contribution in [2.45, 2.75) is 155 Å². The molecule has 0 aromatic rings. The van der Waals surface area contributed by atoms with E-state index >= 15 is 0 Å². The molecule has 0 bridgehead atoms. The third kappa shape index (κ3) is 25.7. The number of carbonyl (C=O) groups is 6. The Labute approximate surface area is 304 Å². The van der Waals surface area contributed by atoms with Crippen LogP contribution in [0.25, 0.3) is 0 Å². The monoisotopic (exact) mass is 730 g/mol. The molecule has 7 N–H and O–H groups in total. The zero-order valence-electron chi connectivity index (χ0n) is 32.9. The van der Waals surface area contributed by atoms with Crippen LogP contribution in [-0.2, 0) is 28.6 Å². The maximum atomic E-state index is 13.6. The fraction of sp³-hybridized carbons (Fsp3) is 0.829. The summed E-state index contributed by atoms with van der Waals surface area (Å²) in [7, 11) is 3.18. The van der Waals surface area contributed by atoms with E-state index in [9.17, 15) is 28.8 Å². The molecule has 0 spiro atoms. The van der Waals surface area contributed by atoms with Crippen molar-refractivity contribution in [2.75, 3.05) is 33.7 Å². The molecular formula is C35H67N7O9. The number of rotatable bonds is 20. The molecule has 0 aromatic heterocycles. The Morgan fingerprint density at radius 3 is 1.22 bits per heavy atom. The number of carbonyl (C=O) groups excluding carboxylic acids is 6. The summed E-state index contributed by atoms with van der Waals surface area (Å²) in [5.74, 6) is -1.37. The molecule has 3 atom stereocenters. The van der Waals surface area contributed by atoms with Gasteiger partial charge in [0.05, 0.1) is 6.04 Å². The van der Waals surface area contributed by atoms with Gasteiger partial charge in [-0.05, 0) is 120 Å². The minimum atomic E-state index is -0.995. The lowest BCUT2D eigenvalue weighted by molar-refractivity contribution is -0.136. The van der Waals surface area contributed by atoms with Crippen molar-refractivity contribution >= 4 is 36.0 Å². The molecule has 0 saturated carbocycles. The number of likely N-dealkylation sites (N-methyl/N-ethyl adjacent to an activating group) is 1. The molecule has 0 saturated heterocycles. The number of nitrogens with one attached hydrogen (secondary N) is 5. The Balaban J connectivity index is 5.35. The number of hydrogen-bond acceptors (Lipinski definition) is 10. The normalized spacial score (nSPS) is 13.5. The highest BCUT2D eigenvalue weighted by Gasteiger charge is 2.29. The van der Waals surface area contributed by atoms with Gasteiger partial charge in [0.15, 0.2) is 0 Å². The third-order valence-corrected chi connectivity index (χ3v) is 6.81. The number of alkyl carbamates (subject to hydrolysis) is 3. The van der Waals surface area contributed by atoms with E-state index in [1.54, 1.807) is 76.4 Å². The summed E-state index contributed by atoms with van der Waals surface area (Å²) in [5, 5.41) is 13.6. The average Bonchev–Trinajstić information content (AvgIpc) is 2.95. The molecule has 0 unspecified atom stereocenters. The number of nitrogens with zero attached hydrogens (tertiary/aromatic N) is 1. The minimum absolute atomic E-state index is 0.225. The van der Waals surface area contributed by atoms with Crippen LogP contribution in [-0.4, -0.2) is 110 Å². The van der Waals surface area contributed by atoms with E-state index in [-0.39, 0.29) is 12.3 Å². The lowest BCUT2D eigenvalue weighted by Crippen LogP contribution is -2.55. The molecular weight excluding hydrogens is 662 g/mol. The maximum absolute atomic E-state index is 13.6. The molecule has 16 heteroatoms. The minimum Gasteiger partial charge on any atom is -0.444 e. The number of amides is 6. The highest BCUT2D eigenvalue weighted by Crippen LogP contribution is 2.11. The molecule has 16 nitrogen and oxygen atoms in total. The van der Waals surface area contributed by atoms with Crippen LogP contribution in [0.5, 0.6) is 0 Å². The van der Waals surface area contributed by atoms with Gasteiger partial charge in [0.2, 0.25) is 17.7 Å². The smallest absolute Gasteiger partial charge is 0.407 e. The van der Waals surface area contributed by atoms with E-state index in [0.717, 1.165) is 0 Å². The van der Waals surface area contributed by atoms with Crippen molar-refractivity contribution in [3.05, 3.63) is 0 Å². The van der Waals surface area contributed by atoms with Gasteiger partial charge in [0.1, 0.15) is 28.9 Å². The standard InChI is InChI=1S/C35H67N7O9/c1-33(2,3)49-30(46)37-21-15-12-18-24(36)27(43)40-25(19-13-16-22-38-31(47)50-34(4,5)6)28(44)41-26(29(45)42(10)11)20-14-17-23-39-32(48)51-35(7,8)9/h24-26H,12-23,36H2,1-11H3,(H,37,46)(H,38,47)(H,39,48)(H,40,43)(H,41,44)/t24-,25-,26-/m0/s1. The second-order valence-electron chi connectivity index (χ2n) is 15.7. The van der Waals surface area contributed by atoms with Crippen LogP contribution in [0.2, 0.25) is 0 Å². The first-order chi connectivity index (χ1) is 23.4. The van der Waals surface area contributed by atoms with Crippen molar-refractivity contribution in [2.24, 2.45) is 5.73 Å². The summed E-state index contributed by atoms with van der Waals surface area (Å²) < 4.78 is 15.7. The van der Waals surface area contributed by atoms with Gasteiger partial charge >= 0.3 is 18.3 Å². The van der Waals surface area contributed by atoms with Crippen LogP contribution in [0, 0.1) is 0 Å². The Morgan fingerprint density at radius 2 is 0.863 bits per heavy atom. The van der Waals surface area contributed by atoms with Gasteiger partial charge < -0.3 is 51.4 Å². The van der Waals surface area contributed by atoms with E-state index in [4.69, 9.17) is 19.9 Å². The van der Waals surface area contributed by atoms with Crippen LogP contribution in [0.4, 0.5) is 14.4 Å². The second kappa shape index (κ2) is 22.9. The molecule has 0 heterocycles. The van der Waals surface area contributed by atoms with Crippen LogP contribution >= 0.6 is 0 Å². The molecule has 296 valence electrons. The summed E-state index contributed by atoms with van der Waals surface area (Å²) in [4.78, 5) is 76.9. The summed E-state index contributed by atoms with van der Waals surface area (Å²) >= 11 is 0. The Morgan fingerprint density at radius 1 is 0.529 bits per heavy atom. The van der Waals surface area contributed by atoms with E-state index in [0.29, 0.717) is 71.0 Å². The van der Waals surface area contributed by atoms with E-state index in [1.807, 2.05) is 0 Å². The number of hydrogen-bond donors (Lipinski definition) is 6. The molecule has 0 aromatic carbocycles. The van der Waals surface area contributed by atoms with Crippen molar-refractivity contribution in [3.8, 4) is 0 Å². The first-order valence-electron chi connectivity index (χ1n) is 17.9. The maximum Gasteiger partial charge on any atom is 0.407 e. The topological polar surface area (TPSA) is 220 Å². The fourth-order valence-corrected chi connectivity index (χ4v) is 4.47. The van der Waals surface area contributed by atoms with Gasteiger partial charge in [-0.15, -0.1) is 0 Å². The Kier molecular flexibility index (Phi) is 21.2. The summed E-state index contributed by atoms with van der Waals surface area (Å²) in [6, 6.07) is -2.77. The van der Waals surface area contributed by atoms with Crippen molar-refractivity contribution < 1.29 is 43.0 Å². The predicted molar refractivity (Wildman–Crippen MR) is 195 cm³/mol. The largest absolute Gasteiger partial charge is 0.444 e. The first-order valence-corrected chi connectivity index (χ1v) is 17.9. The van der Waals surface area contributed by atoms with Crippen molar-refractivity contribution in [3.63, 3.8) is 0 Å². The van der Waals surface area contributed by atoms with Crippen LogP contribution in [0.1, 0.15) is 120 Å². The molecule has 51 heavy (non-hydrogen) atoms. The van der Waals surface area contributed by atoms with E-state index in [1.165, 1.54) is 4.90 Å². The Hall–Kier alpha value is -3.82. The van der Waals surface area contributed by atoms with E-state index in [2.05, 4.69) is 26.6 Å². The van der Waals surface area contributed by atoms with Crippen LogP contribution in [0.15, 0.2) is 0 Å². The lowest BCUT2D eigenvalue weighted by Gasteiger charge is -2.26. The molecule has 0 fully saturated rings. The molecule has 0 aliphatic carbocycles. The van der Waals surface area contributed by atoms with Gasteiger partial charge in [-0.3, -0.25) is 14.4 Å². The second-order valence-corrected chi connectivity index (χ2v) is 15.7. The molecule has 0 aliphatic rings.